The SMILES string of the molecule is C=C1C=CC2=CC(C)CC=C2C1. The van der Waals surface area contributed by atoms with Crippen LogP contribution in [0.4, 0.5) is 0 Å². The van der Waals surface area contributed by atoms with Crippen molar-refractivity contribution in [3.8, 4) is 0 Å². The Morgan fingerprint density at radius 1 is 1.42 bits per heavy atom. The van der Waals surface area contributed by atoms with Gasteiger partial charge in [-0.2, -0.15) is 0 Å². The Kier molecular flexibility index (Phi) is 1.76. The molecule has 0 bridgehead atoms. The van der Waals surface area contributed by atoms with Crippen molar-refractivity contribution in [3.05, 3.63) is 47.6 Å². The van der Waals surface area contributed by atoms with Gasteiger partial charge in [-0.05, 0) is 29.9 Å². The number of allylic oxidation sites excluding steroid dienone is 7. The van der Waals surface area contributed by atoms with E-state index in [9.17, 15) is 0 Å². The second-order valence-electron chi connectivity index (χ2n) is 3.73. The van der Waals surface area contributed by atoms with Gasteiger partial charge in [-0.3, -0.25) is 0 Å². The van der Waals surface area contributed by atoms with Crippen LogP contribution in [0.5, 0.6) is 0 Å². The predicted octanol–water partition coefficient (Wildman–Crippen LogP) is 3.40. The van der Waals surface area contributed by atoms with E-state index in [0.29, 0.717) is 5.92 Å². The first-order valence-electron chi connectivity index (χ1n) is 4.53. The van der Waals surface area contributed by atoms with Gasteiger partial charge in [0.25, 0.3) is 0 Å². The molecular formula is C12H14. The molecule has 1 atom stereocenters. The Balaban J connectivity index is 2.35. The van der Waals surface area contributed by atoms with Gasteiger partial charge in [-0.1, -0.05) is 43.4 Å². The standard InChI is InChI=1S/C12H14/c1-9-3-5-12-8-10(2)4-6-11(12)7-9/h3,5-6,8,10H,1,4,7H2,2H3. The fourth-order valence-corrected chi connectivity index (χ4v) is 1.78. The molecule has 62 valence electrons. The van der Waals surface area contributed by atoms with Gasteiger partial charge in [0.1, 0.15) is 0 Å². The summed E-state index contributed by atoms with van der Waals surface area (Å²) in [6, 6.07) is 0. The molecule has 0 heteroatoms. The van der Waals surface area contributed by atoms with Gasteiger partial charge in [0, 0.05) is 0 Å². The average molecular weight is 158 g/mol. The zero-order chi connectivity index (χ0) is 8.55. The van der Waals surface area contributed by atoms with Crippen LogP contribution in [-0.2, 0) is 0 Å². The average Bonchev–Trinajstić information content (AvgIpc) is 2.05. The second-order valence-corrected chi connectivity index (χ2v) is 3.73. The Bertz CT molecular complexity index is 300. The lowest BCUT2D eigenvalue weighted by Gasteiger charge is -2.20. The van der Waals surface area contributed by atoms with Gasteiger partial charge in [-0.15, -0.1) is 0 Å². The van der Waals surface area contributed by atoms with E-state index >= 15 is 0 Å². The zero-order valence-electron chi connectivity index (χ0n) is 7.51. The number of fused-ring (bicyclic) bond motifs is 1. The van der Waals surface area contributed by atoms with Crippen LogP contribution in [0.25, 0.3) is 0 Å². The smallest absolute Gasteiger partial charge is 0.00290 e. The van der Waals surface area contributed by atoms with Crippen molar-refractivity contribution in [1.82, 2.24) is 0 Å². The quantitative estimate of drug-likeness (QED) is 0.507. The third-order valence-corrected chi connectivity index (χ3v) is 2.49. The maximum absolute atomic E-state index is 3.97. The molecule has 0 heterocycles. The van der Waals surface area contributed by atoms with Gasteiger partial charge in [-0.25, -0.2) is 0 Å². The topological polar surface area (TPSA) is 0 Å². The van der Waals surface area contributed by atoms with Crippen molar-refractivity contribution in [2.45, 2.75) is 19.8 Å². The fourth-order valence-electron chi connectivity index (χ4n) is 1.78. The summed E-state index contributed by atoms with van der Waals surface area (Å²) in [5.74, 6) is 0.708. The molecule has 0 radical (unpaired) electrons. The molecule has 0 saturated heterocycles. The zero-order valence-corrected chi connectivity index (χ0v) is 7.51. The molecule has 0 aliphatic heterocycles. The van der Waals surface area contributed by atoms with Crippen LogP contribution in [0.3, 0.4) is 0 Å². The Morgan fingerprint density at radius 2 is 2.25 bits per heavy atom. The highest BCUT2D eigenvalue weighted by Gasteiger charge is 2.13. The molecule has 1 unspecified atom stereocenters. The molecule has 0 aromatic carbocycles. The first-order valence-corrected chi connectivity index (χ1v) is 4.53. The van der Waals surface area contributed by atoms with Gasteiger partial charge in [0.15, 0.2) is 0 Å². The van der Waals surface area contributed by atoms with Gasteiger partial charge in [0.2, 0.25) is 0 Å². The van der Waals surface area contributed by atoms with E-state index in [2.05, 4.69) is 37.8 Å². The molecule has 0 nitrogen and oxygen atoms in total. The first kappa shape index (κ1) is 7.60. The first-order chi connectivity index (χ1) is 5.75. The number of hydrogen-bond acceptors (Lipinski definition) is 0. The molecule has 0 aromatic rings. The summed E-state index contributed by atoms with van der Waals surface area (Å²) in [7, 11) is 0. The fraction of sp³-hybridized carbons (Fsp3) is 0.333. The minimum atomic E-state index is 0.708. The maximum Gasteiger partial charge on any atom is -0.00290 e. The monoisotopic (exact) mass is 158 g/mol. The molecule has 2 aliphatic carbocycles. The highest BCUT2D eigenvalue weighted by Crippen LogP contribution is 2.31. The van der Waals surface area contributed by atoms with Crippen molar-refractivity contribution < 1.29 is 0 Å². The van der Waals surface area contributed by atoms with Gasteiger partial charge < -0.3 is 0 Å². The van der Waals surface area contributed by atoms with Crippen LogP contribution in [0, 0.1) is 5.92 Å². The summed E-state index contributed by atoms with van der Waals surface area (Å²) in [6.45, 7) is 6.23. The van der Waals surface area contributed by atoms with Crippen molar-refractivity contribution in [3.63, 3.8) is 0 Å². The van der Waals surface area contributed by atoms with Crippen molar-refractivity contribution in [2.24, 2.45) is 5.92 Å². The normalized spacial score (nSPS) is 27.8. The molecule has 2 aliphatic rings. The lowest BCUT2D eigenvalue weighted by molar-refractivity contribution is 0.720. The second kappa shape index (κ2) is 2.78. The molecule has 0 saturated carbocycles. The van der Waals surface area contributed by atoms with Crippen LogP contribution < -0.4 is 0 Å². The van der Waals surface area contributed by atoms with Crippen LogP contribution in [0.15, 0.2) is 47.6 Å². The molecule has 12 heavy (non-hydrogen) atoms. The van der Waals surface area contributed by atoms with E-state index in [1.54, 1.807) is 0 Å². The minimum absolute atomic E-state index is 0.708. The van der Waals surface area contributed by atoms with Crippen molar-refractivity contribution in [1.29, 1.82) is 0 Å². The van der Waals surface area contributed by atoms with Crippen LogP contribution in [-0.4, -0.2) is 0 Å². The molecule has 0 amide bonds. The molecule has 0 fully saturated rings. The summed E-state index contributed by atoms with van der Waals surface area (Å²) in [5.41, 5.74) is 4.12. The number of hydrogen-bond donors (Lipinski definition) is 0. The number of rotatable bonds is 0. The molecule has 0 N–H and O–H groups in total. The Morgan fingerprint density at radius 3 is 3.08 bits per heavy atom. The highest BCUT2D eigenvalue weighted by molar-refractivity contribution is 5.50. The third kappa shape index (κ3) is 1.29. The molecule has 0 spiro atoms. The van der Waals surface area contributed by atoms with E-state index in [1.807, 2.05) is 0 Å². The Labute approximate surface area is 74.0 Å². The van der Waals surface area contributed by atoms with E-state index in [4.69, 9.17) is 0 Å². The van der Waals surface area contributed by atoms with Crippen molar-refractivity contribution in [2.75, 3.05) is 0 Å². The predicted molar refractivity (Wildman–Crippen MR) is 52.8 cm³/mol. The van der Waals surface area contributed by atoms with Crippen molar-refractivity contribution >= 4 is 0 Å². The molecule has 0 aromatic heterocycles. The Hall–Kier alpha value is -1.04. The van der Waals surface area contributed by atoms with E-state index in [1.165, 1.54) is 23.1 Å². The summed E-state index contributed by atoms with van der Waals surface area (Å²) < 4.78 is 0. The maximum atomic E-state index is 3.97. The third-order valence-electron chi connectivity index (χ3n) is 2.49. The highest BCUT2D eigenvalue weighted by atomic mass is 14.2. The summed E-state index contributed by atoms with van der Waals surface area (Å²) in [4.78, 5) is 0. The van der Waals surface area contributed by atoms with E-state index in [-0.39, 0.29) is 0 Å². The molecule has 2 rings (SSSR count). The lowest BCUT2D eigenvalue weighted by Crippen LogP contribution is -2.03. The van der Waals surface area contributed by atoms with Crippen LogP contribution in [0.1, 0.15) is 19.8 Å². The van der Waals surface area contributed by atoms with Crippen LogP contribution >= 0.6 is 0 Å². The van der Waals surface area contributed by atoms with Crippen LogP contribution in [0.2, 0.25) is 0 Å². The van der Waals surface area contributed by atoms with Gasteiger partial charge in [0.05, 0.1) is 0 Å². The van der Waals surface area contributed by atoms with Gasteiger partial charge >= 0.3 is 0 Å². The summed E-state index contributed by atoms with van der Waals surface area (Å²) in [6.07, 6.45) is 11.3. The minimum Gasteiger partial charge on any atom is -0.0955 e. The summed E-state index contributed by atoms with van der Waals surface area (Å²) >= 11 is 0. The lowest BCUT2D eigenvalue weighted by atomic mass is 9.85. The largest absolute Gasteiger partial charge is 0.0955 e. The molecular weight excluding hydrogens is 144 g/mol. The van der Waals surface area contributed by atoms with E-state index < -0.39 is 0 Å². The summed E-state index contributed by atoms with van der Waals surface area (Å²) in [5, 5.41) is 0. The van der Waals surface area contributed by atoms with E-state index in [0.717, 1.165) is 6.42 Å².